The molecule has 0 spiro atoms. The van der Waals surface area contributed by atoms with Crippen molar-refractivity contribution in [3.05, 3.63) is 155 Å². The van der Waals surface area contributed by atoms with E-state index in [9.17, 15) is 0 Å². The standard InChI is InChI=1S/2C21H23ClN8.C21H22ClN7S.CHI2.CH4.In/c1-27-10-12-28(13-11-27)14-15-30-20-17(21(26-30)29-9-5-8-23-29)18(22)19(24-25-20)16-6-3-2-4-7-16;1-27-9-11-28(12-10-27)13-14-30-20-17(21(26-30)29-8-7-23-15-29)18(22)19(24-25-20)16-5-3-2-4-6-16;1-27-8-10-28(11-9-27)12-13-29-20-16(19(26-29)21-23-7-14-30-21)17(22)18(24-25-20)15-5-3-2-4-6-15;2-1-3;;/h2-9H,10-15H2,1H3;2-8,15H,9-14H2,1H3;2-7,14H,8-13H2,1H3;1H;1H4;. The summed E-state index contributed by atoms with van der Waals surface area (Å²) >= 11 is 28.3. The van der Waals surface area contributed by atoms with Crippen LogP contribution >= 0.6 is 91.3 Å². The van der Waals surface area contributed by atoms with Gasteiger partial charge in [0.1, 0.15) is 34.1 Å². The number of aromatic nitrogens is 17. The van der Waals surface area contributed by atoms with Crippen molar-refractivity contribution >= 4 is 149 Å². The predicted molar refractivity (Wildman–Crippen MR) is 399 cm³/mol. The summed E-state index contributed by atoms with van der Waals surface area (Å²) in [6.07, 6.45) is 10.7. The van der Waals surface area contributed by atoms with Gasteiger partial charge < -0.3 is 14.7 Å². The van der Waals surface area contributed by atoms with E-state index in [1.807, 2.05) is 133 Å². The van der Waals surface area contributed by atoms with E-state index in [1.165, 1.54) is 24.4 Å². The Labute approximate surface area is 613 Å². The van der Waals surface area contributed by atoms with Crippen molar-refractivity contribution < 1.29 is 0 Å². The van der Waals surface area contributed by atoms with Crippen LogP contribution in [-0.4, -0.2) is 257 Å². The number of piperazine rings is 3. The van der Waals surface area contributed by atoms with Crippen LogP contribution in [0.4, 0.5) is 0 Å². The first-order chi connectivity index (χ1) is 45.8. The molecule has 30 heteroatoms. The first-order valence-corrected chi connectivity index (χ1v) is 37.3. The van der Waals surface area contributed by atoms with Crippen LogP contribution < -0.4 is 0 Å². The number of thiazole rings is 1. The van der Waals surface area contributed by atoms with Gasteiger partial charge in [0.25, 0.3) is 0 Å². The number of likely N-dealkylation sites (N-methyl/N-ethyl adjacent to an activating group) is 3. The summed E-state index contributed by atoms with van der Waals surface area (Å²) in [5, 5.41) is 52.7. The van der Waals surface area contributed by atoms with E-state index in [1.54, 1.807) is 40.9 Å². The Morgan fingerprint density at radius 1 is 0.463 bits per heavy atom. The van der Waals surface area contributed by atoms with Gasteiger partial charge in [-0.05, 0) is 27.2 Å². The summed E-state index contributed by atoms with van der Waals surface area (Å²) < 4.78 is 10.3. The zero-order chi connectivity index (χ0) is 65.1. The number of fused-ring (bicyclic) bond motifs is 3. The second-order valence-electron chi connectivity index (χ2n) is 23.0. The SMILES string of the molecule is C.CN1CCN(CCn2nc(-c3nccs3)c3c(Cl)c(-c4ccccc4)nnc32)CC1.CN1CCN(CCn2nc(-n3cccn3)c3c(Cl)c(-c4ccccc4)nnc32)CC1.CN1CCN(CCn2nc(-n3ccnc3)c3c(Cl)c(-c4ccccc4)nnc32)CC1.[In][CH](I)I. The van der Waals surface area contributed by atoms with E-state index >= 15 is 0 Å². The Morgan fingerprint density at radius 2 is 0.863 bits per heavy atom. The van der Waals surface area contributed by atoms with E-state index in [0.717, 1.165) is 167 Å². The van der Waals surface area contributed by atoms with E-state index in [4.69, 9.17) is 50.1 Å². The Balaban J connectivity index is 0.000000140. The monoisotopic (exact) mass is 1680 g/mol. The third kappa shape index (κ3) is 17.3. The molecule has 9 aromatic heterocycles. The summed E-state index contributed by atoms with van der Waals surface area (Å²) in [6, 6.07) is 31.5. The number of rotatable bonds is 15. The molecule has 0 unspecified atom stereocenters. The van der Waals surface area contributed by atoms with Gasteiger partial charge in [-0.15, -0.1) is 41.9 Å². The summed E-state index contributed by atoms with van der Waals surface area (Å²) in [6.45, 7) is 17.8. The van der Waals surface area contributed by atoms with Gasteiger partial charge in [-0.2, -0.15) is 20.4 Å². The van der Waals surface area contributed by atoms with Crippen LogP contribution in [0.2, 0.25) is 15.1 Å². The molecule has 0 amide bonds. The molecule has 3 aliphatic rings. The molecular formula is C65H73Cl3I2InN23S. The number of benzene rings is 3. The summed E-state index contributed by atoms with van der Waals surface area (Å²) in [4.78, 5) is 23.1. The zero-order valence-electron chi connectivity index (χ0n) is 52.2. The van der Waals surface area contributed by atoms with E-state index in [2.05, 4.69) is 141 Å². The molecule has 95 heavy (non-hydrogen) atoms. The van der Waals surface area contributed by atoms with Crippen LogP contribution in [0.1, 0.15) is 7.43 Å². The average Bonchev–Trinajstić information content (AvgIpc) is 1.65. The van der Waals surface area contributed by atoms with Gasteiger partial charge in [-0.25, -0.2) is 28.7 Å². The fourth-order valence-electron chi connectivity index (χ4n) is 11.4. The minimum atomic E-state index is 0. The minimum absolute atomic E-state index is 0. The molecule has 15 rings (SSSR count). The van der Waals surface area contributed by atoms with Crippen LogP contribution in [-0.2, 0) is 19.6 Å². The second kappa shape index (κ2) is 33.7. The van der Waals surface area contributed by atoms with Crippen molar-refractivity contribution in [3.63, 3.8) is 0 Å². The number of hydrogen-bond acceptors (Lipinski definition) is 19. The molecule has 0 bridgehead atoms. The molecule has 3 aromatic carbocycles. The first kappa shape index (κ1) is 70.6. The van der Waals surface area contributed by atoms with Crippen molar-refractivity contribution in [1.29, 1.82) is 0 Å². The quantitative estimate of drug-likeness (QED) is 0.0693. The molecule has 3 aliphatic heterocycles. The second-order valence-corrected chi connectivity index (χ2v) is 39.7. The van der Waals surface area contributed by atoms with Crippen LogP contribution in [0.3, 0.4) is 0 Å². The summed E-state index contributed by atoms with van der Waals surface area (Å²) in [5.41, 5.74) is 7.62. The Hall–Kier alpha value is -5.68. The molecule has 12 heterocycles. The van der Waals surface area contributed by atoms with E-state index in [0.29, 0.717) is 54.9 Å². The van der Waals surface area contributed by atoms with Gasteiger partial charge in [0.15, 0.2) is 28.6 Å². The fraction of sp³-hybridized carbons (Fsp3) is 0.354. The topological polar surface area (TPSA) is 199 Å². The molecule has 12 aromatic rings. The Bertz CT molecular complexity index is 3910. The van der Waals surface area contributed by atoms with Gasteiger partial charge in [0, 0.05) is 151 Å². The predicted octanol–water partition coefficient (Wildman–Crippen LogP) is 10.6. The maximum atomic E-state index is 6.88. The number of hydrogen-bond donors (Lipinski definition) is 0. The molecular weight excluding hydrogens is 1610 g/mol. The van der Waals surface area contributed by atoms with Crippen molar-refractivity contribution in [2.75, 3.05) is 119 Å². The normalized spacial score (nSPS) is 15.3. The molecule has 0 saturated carbocycles. The van der Waals surface area contributed by atoms with Crippen LogP contribution in [0, 0.1) is 0 Å². The molecule has 3 saturated heterocycles. The van der Waals surface area contributed by atoms with Crippen molar-refractivity contribution in [3.8, 4) is 56.1 Å². The molecule has 0 atom stereocenters. The molecule has 0 aliphatic carbocycles. The Morgan fingerprint density at radius 3 is 1.25 bits per heavy atom. The number of alkyl halides is 2. The van der Waals surface area contributed by atoms with Gasteiger partial charge in [-0.3, -0.25) is 19.3 Å². The first-order valence-electron chi connectivity index (χ1n) is 30.9. The molecule has 23 nitrogen and oxygen atoms in total. The summed E-state index contributed by atoms with van der Waals surface area (Å²) in [7, 11) is 6.49. The number of nitrogens with zero attached hydrogens (tertiary/aromatic N) is 23. The van der Waals surface area contributed by atoms with Gasteiger partial charge >= 0.3 is 69.2 Å². The molecule has 2 radical (unpaired) electrons. The number of halogens is 5. The number of imidazole rings is 1. The van der Waals surface area contributed by atoms with Crippen LogP contribution in [0.25, 0.3) is 89.2 Å². The van der Waals surface area contributed by atoms with Crippen LogP contribution in [0.15, 0.2) is 140 Å². The van der Waals surface area contributed by atoms with Crippen LogP contribution in [0.5, 0.6) is 0 Å². The average molecular weight is 1680 g/mol. The third-order valence-corrected chi connectivity index (χ3v) is 18.6. The van der Waals surface area contributed by atoms with Crippen molar-refractivity contribution in [2.45, 2.75) is 26.7 Å². The molecule has 492 valence electrons. The molecule has 0 N–H and O–H groups in total. The van der Waals surface area contributed by atoms with Gasteiger partial charge in [0.05, 0.1) is 50.9 Å². The van der Waals surface area contributed by atoms with Crippen molar-refractivity contribution in [2.24, 2.45) is 0 Å². The zero-order valence-corrected chi connectivity index (χ0v) is 62.9. The third-order valence-electron chi connectivity index (χ3n) is 16.7. The van der Waals surface area contributed by atoms with Gasteiger partial charge in [-0.1, -0.05) is 133 Å². The molecule has 3 fully saturated rings. The Kier molecular flexibility index (Phi) is 25.1. The maximum absolute atomic E-state index is 6.88. The summed E-state index contributed by atoms with van der Waals surface area (Å²) in [5.74, 6) is 1.39. The van der Waals surface area contributed by atoms with E-state index in [-0.39, 0.29) is 7.43 Å². The van der Waals surface area contributed by atoms with Gasteiger partial charge in [0.2, 0.25) is 0 Å². The fourth-order valence-corrected chi connectivity index (χ4v) is 12.9. The van der Waals surface area contributed by atoms with E-state index < -0.39 is 0 Å². The van der Waals surface area contributed by atoms with Crippen molar-refractivity contribution in [1.82, 2.24) is 114 Å².